The molecule has 0 aromatic carbocycles. The lowest BCUT2D eigenvalue weighted by Gasteiger charge is -2.19. The molecule has 1 heterocycles. The second-order valence-electron chi connectivity index (χ2n) is 5.92. The molecule has 0 bridgehead atoms. The van der Waals surface area contributed by atoms with Crippen molar-refractivity contribution in [2.24, 2.45) is 0 Å². The average molecular weight is 264 g/mol. The van der Waals surface area contributed by atoms with Crippen molar-refractivity contribution in [3.8, 4) is 0 Å². The Morgan fingerprint density at radius 1 is 0.947 bits per heavy atom. The molecule has 0 saturated heterocycles. The van der Waals surface area contributed by atoms with Crippen molar-refractivity contribution >= 4 is 11.6 Å². The Kier molecular flexibility index (Phi) is 6.06. The summed E-state index contributed by atoms with van der Waals surface area (Å²) in [6.07, 6.45) is 3.44. The second kappa shape index (κ2) is 7.31. The van der Waals surface area contributed by atoms with E-state index in [1.165, 1.54) is 6.42 Å². The van der Waals surface area contributed by atoms with Crippen molar-refractivity contribution in [1.29, 1.82) is 0 Å². The maximum Gasteiger partial charge on any atom is 0.138 e. The standard InChI is InChI=1S/C15H28N4/c1-6-8-10-17-13-11-12(16-9-7-2)18-14(19-13)15(3,4)5/h11H,6-10H2,1-5H3,(H2,16,17,18,19). The first kappa shape index (κ1) is 15.7. The average Bonchev–Trinajstić information content (AvgIpc) is 2.35. The van der Waals surface area contributed by atoms with Gasteiger partial charge in [-0.15, -0.1) is 0 Å². The van der Waals surface area contributed by atoms with Gasteiger partial charge in [0.15, 0.2) is 0 Å². The predicted molar refractivity (Wildman–Crippen MR) is 82.9 cm³/mol. The van der Waals surface area contributed by atoms with Crippen molar-refractivity contribution in [2.75, 3.05) is 23.7 Å². The molecule has 1 aromatic rings. The highest BCUT2D eigenvalue weighted by atomic mass is 15.1. The summed E-state index contributed by atoms with van der Waals surface area (Å²) in [5, 5.41) is 6.73. The summed E-state index contributed by atoms with van der Waals surface area (Å²) in [6, 6.07) is 2.00. The molecule has 0 unspecified atom stereocenters. The minimum atomic E-state index is -0.0366. The van der Waals surface area contributed by atoms with Gasteiger partial charge in [0.05, 0.1) is 0 Å². The monoisotopic (exact) mass is 264 g/mol. The third-order valence-electron chi connectivity index (χ3n) is 2.79. The van der Waals surface area contributed by atoms with Gasteiger partial charge in [-0.3, -0.25) is 0 Å². The van der Waals surface area contributed by atoms with Crippen LogP contribution in [0.25, 0.3) is 0 Å². The summed E-state index contributed by atoms with van der Waals surface area (Å²) in [5.41, 5.74) is -0.0366. The van der Waals surface area contributed by atoms with Gasteiger partial charge in [-0.25, -0.2) is 9.97 Å². The maximum absolute atomic E-state index is 4.62. The molecular formula is C15H28N4. The van der Waals surface area contributed by atoms with Crippen molar-refractivity contribution in [1.82, 2.24) is 9.97 Å². The van der Waals surface area contributed by atoms with Crippen LogP contribution in [0.2, 0.25) is 0 Å². The Morgan fingerprint density at radius 2 is 1.53 bits per heavy atom. The van der Waals surface area contributed by atoms with Crippen LogP contribution in [-0.2, 0) is 5.41 Å². The molecule has 0 atom stereocenters. The zero-order valence-corrected chi connectivity index (χ0v) is 13.0. The third-order valence-corrected chi connectivity index (χ3v) is 2.79. The second-order valence-corrected chi connectivity index (χ2v) is 5.92. The van der Waals surface area contributed by atoms with E-state index in [4.69, 9.17) is 0 Å². The Bertz CT molecular complexity index is 382. The number of hydrogen-bond acceptors (Lipinski definition) is 4. The molecule has 0 radical (unpaired) electrons. The zero-order valence-electron chi connectivity index (χ0n) is 13.0. The van der Waals surface area contributed by atoms with E-state index in [0.717, 1.165) is 43.4 Å². The summed E-state index contributed by atoms with van der Waals surface area (Å²) in [6.45, 7) is 12.7. The number of rotatable bonds is 7. The van der Waals surface area contributed by atoms with Crippen LogP contribution in [-0.4, -0.2) is 23.1 Å². The molecule has 0 spiro atoms. The van der Waals surface area contributed by atoms with Crippen LogP contribution in [0.3, 0.4) is 0 Å². The number of unbranched alkanes of at least 4 members (excludes halogenated alkanes) is 1. The molecule has 0 amide bonds. The predicted octanol–water partition coefficient (Wildman–Crippen LogP) is 3.81. The van der Waals surface area contributed by atoms with Gasteiger partial charge in [-0.05, 0) is 12.8 Å². The lowest BCUT2D eigenvalue weighted by molar-refractivity contribution is 0.546. The number of hydrogen-bond donors (Lipinski definition) is 2. The van der Waals surface area contributed by atoms with Crippen LogP contribution in [0.15, 0.2) is 6.07 Å². The van der Waals surface area contributed by atoms with E-state index in [9.17, 15) is 0 Å². The first-order valence-electron chi connectivity index (χ1n) is 7.34. The van der Waals surface area contributed by atoms with Gasteiger partial charge < -0.3 is 10.6 Å². The smallest absolute Gasteiger partial charge is 0.138 e. The van der Waals surface area contributed by atoms with E-state index >= 15 is 0 Å². The fraction of sp³-hybridized carbons (Fsp3) is 0.733. The summed E-state index contributed by atoms with van der Waals surface area (Å²) in [7, 11) is 0. The molecule has 2 N–H and O–H groups in total. The highest BCUT2D eigenvalue weighted by molar-refractivity contribution is 5.48. The summed E-state index contributed by atoms with van der Waals surface area (Å²) >= 11 is 0. The SMILES string of the molecule is CCCCNc1cc(NCCC)nc(C(C)(C)C)n1. The normalized spacial score (nSPS) is 11.4. The Hall–Kier alpha value is -1.32. The highest BCUT2D eigenvalue weighted by Crippen LogP contribution is 2.22. The molecule has 0 saturated carbocycles. The van der Waals surface area contributed by atoms with Crippen LogP contribution in [0, 0.1) is 0 Å². The van der Waals surface area contributed by atoms with Crippen molar-refractivity contribution < 1.29 is 0 Å². The quantitative estimate of drug-likeness (QED) is 0.735. The Balaban J connectivity index is 2.89. The first-order valence-corrected chi connectivity index (χ1v) is 7.34. The van der Waals surface area contributed by atoms with Crippen LogP contribution < -0.4 is 10.6 Å². The van der Waals surface area contributed by atoms with Gasteiger partial charge in [0.1, 0.15) is 17.5 Å². The van der Waals surface area contributed by atoms with Gasteiger partial charge in [-0.2, -0.15) is 0 Å². The van der Waals surface area contributed by atoms with Crippen LogP contribution in [0.4, 0.5) is 11.6 Å². The molecular weight excluding hydrogens is 236 g/mol. The number of nitrogens with zero attached hydrogens (tertiary/aromatic N) is 2. The molecule has 4 heteroatoms. The van der Waals surface area contributed by atoms with Gasteiger partial charge in [0.2, 0.25) is 0 Å². The minimum Gasteiger partial charge on any atom is -0.370 e. The topological polar surface area (TPSA) is 49.8 Å². The Labute approximate surface area is 117 Å². The van der Waals surface area contributed by atoms with Gasteiger partial charge in [0.25, 0.3) is 0 Å². The zero-order chi connectivity index (χ0) is 14.3. The van der Waals surface area contributed by atoms with Crippen molar-refractivity contribution in [3.63, 3.8) is 0 Å². The highest BCUT2D eigenvalue weighted by Gasteiger charge is 2.19. The lowest BCUT2D eigenvalue weighted by Crippen LogP contribution is -2.19. The van der Waals surface area contributed by atoms with Crippen molar-refractivity contribution in [3.05, 3.63) is 11.9 Å². The van der Waals surface area contributed by atoms with E-state index in [-0.39, 0.29) is 5.41 Å². The number of anilines is 2. The van der Waals surface area contributed by atoms with Crippen molar-refractivity contribution in [2.45, 2.75) is 59.3 Å². The molecule has 1 rings (SSSR count). The maximum atomic E-state index is 4.62. The molecule has 108 valence electrons. The van der Waals surface area contributed by atoms with Crippen LogP contribution in [0.5, 0.6) is 0 Å². The van der Waals surface area contributed by atoms with E-state index < -0.39 is 0 Å². The molecule has 0 aliphatic carbocycles. The molecule has 19 heavy (non-hydrogen) atoms. The van der Waals surface area contributed by atoms with E-state index in [0.29, 0.717) is 0 Å². The Morgan fingerprint density at radius 3 is 2.00 bits per heavy atom. The summed E-state index contributed by atoms with van der Waals surface area (Å²) in [4.78, 5) is 9.23. The van der Waals surface area contributed by atoms with Gasteiger partial charge in [-0.1, -0.05) is 41.0 Å². The van der Waals surface area contributed by atoms with Crippen LogP contribution in [0.1, 0.15) is 59.7 Å². The van der Waals surface area contributed by atoms with Gasteiger partial charge >= 0.3 is 0 Å². The van der Waals surface area contributed by atoms with E-state index in [1.807, 2.05) is 6.07 Å². The van der Waals surface area contributed by atoms with Gasteiger partial charge in [0, 0.05) is 24.6 Å². The molecule has 0 aliphatic heterocycles. The van der Waals surface area contributed by atoms with E-state index in [1.54, 1.807) is 0 Å². The molecule has 1 aromatic heterocycles. The fourth-order valence-corrected chi connectivity index (χ4v) is 1.61. The fourth-order valence-electron chi connectivity index (χ4n) is 1.61. The molecule has 4 nitrogen and oxygen atoms in total. The molecule has 0 aliphatic rings. The number of aromatic nitrogens is 2. The third kappa shape index (κ3) is 5.45. The lowest BCUT2D eigenvalue weighted by atomic mass is 9.96. The molecule has 0 fully saturated rings. The summed E-state index contributed by atoms with van der Waals surface area (Å²) < 4.78 is 0. The van der Waals surface area contributed by atoms with Crippen LogP contribution >= 0.6 is 0 Å². The summed E-state index contributed by atoms with van der Waals surface area (Å²) in [5.74, 6) is 2.72. The largest absolute Gasteiger partial charge is 0.370 e. The van der Waals surface area contributed by atoms with E-state index in [2.05, 4.69) is 55.2 Å². The minimum absolute atomic E-state index is 0.0366. The first-order chi connectivity index (χ1) is 8.97. The number of nitrogens with one attached hydrogen (secondary N) is 2.